The van der Waals surface area contributed by atoms with Crippen molar-refractivity contribution in [3.05, 3.63) is 36.1 Å². The topological polar surface area (TPSA) is 107 Å². The van der Waals surface area contributed by atoms with E-state index in [1.165, 1.54) is 18.2 Å². The first kappa shape index (κ1) is 13.1. The van der Waals surface area contributed by atoms with E-state index in [4.69, 9.17) is 5.11 Å². The van der Waals surface area contributed by atoms with Crippen molar-refractivity contribution in [2.45, 2.75) is 0 Å². The van der Waals surface area contributed by atoms with E-state index in [0.29, 0.717) is 11.3 Å². The third-order valence-corrected chi connectivity index (χ3v) is 2.61. The van der Waals surface area contributed by atoms with Crippen LogP contribution in [0.1, 0.15) is 10.6 Å². The van der Waals surface area contributed by atoms with Gasteiger partial charge in [-0.15, -0.1) is 0 Å². The van der Waals surface area contributed by atoms with Crippen molar-refractivity contribution < 1.29 is 27.0 Å². The molecule has 1 aromatic carbocycles. The van der Waals surface area contributed by atoms with E-state index in [0.717, 1.165) is 6.26 Å². The maximum Gasteiger partial charge on any atom is 0.374 e. The number of carbonyl (C=O) groups is 1. The lowest BCUT2D eigenvalue weighted by atomic mass is 10.1. The minimum atomic E-state index is -3.57. The van der Waals surface area contributed by atoms with Crippen molar-refractivity contribution in [2.75, 3.05) is 6.26 Å². The molecule has 0 aliphatic heterocycles. The first-order valence-electron chi connectivity index (χ1n) is 5.05. The Balaban J connectivity index is 2.24. The molecule has 0 atom stereocenters. The van der Waals surface area contributed by atoms with Crippen LogP contribution in [0.3, 0.4) is 0 Å². The lowest BCUT2D eigenvalue weighted by Crippen LogP contribution is -2.05. The van der Waals surface area contributed by atoms with Crippen molar-refractivity contribution in [1.82, 2.24) is 5.16 Å². The molecule has 1 aromatic heterocycles. The van der Waals surface area contributed by atoms with Gasteiger partial charge in [0.2, 0.25) is 5.76 Å². The van der Waals surface area contributed by atoms with Crippen LogP contribution in [0.2, 0.25) is 0 Å². The largest absolute Gasteiger partial charge is 0.475 e. The highest BCUT2D eigenvalue weighted by Crippen LogP contribution is 2.22. The van der Waals surface area contributed by atoms with Gasteiger partial charge in [0, 0.05) is 11.6 Å². The van der Waals surface area contributed by atoms with Crippen LogP contribution in [0.25, 0.3) is 11.3 Å². The van der Waals surface area contributed by atoms with E-state index in [1.807, 2.05) is 0 Å². The SMILES string of the molecule is CS(=O)(=O)Oc1ccc(-c2cc(C(=O)O)on2)cc1. The summed E-state index contributed by atoms with van der Waals surface area (Å²) in [5.74, 6) is -1.32. The summed E-state index contributed by atoms with van der Waals surface area (Å²) in [5, 5.41) is 12.3. The number of aromatic nitrogens is 1. The number of nitrogens with zero attached hydrogens (tertiary/aromatic N) is 1. The number of hydrogen-bond acceptors (Lipinski definition) is 6. The number of carboxylic acid groups (broad SMARTS) is 1. The Labute approximate surface area is 108 Å². The summed E-state index contributed by atoms with van der Waals surface area (Å²) in [7, 11) is -3.57. The maximum absolute atomic E-state index is 10.9. The molecule has 100 valence electrons. The Kier molecular flexibility index (Phi) is 3.26. The number of hydrogen-bond donors (Lipinski definition) is 1. The van der Waals surface area contributed by atoms with Crippen LogP contribution in [-0.2, 0) is 10.1 Å². The van der Waals surface area contributed by atoms with Gasteiger partial charge in [0.05, 0.1) is 6.26 Å². The molecule has 2 rings (SSSR count). The predicted molar refractivity (Wildman–Crippen MR) is 64.4 cm³/mol. The highest BCUT2D eigenvalue weighted by atomic mass is 32.2. The Bertz CT molecular complexity index is 701. The van der Waals surface area contributed by atoms with Gasteiger partial charge in [-0.3, -0.25) is 0 Å². The van der Waals surface area contributed by atoms with Crippen LogP contribution in [0, 0.1) is 0 Å². The molecule has 0 unspecified atom stereocenters. The molecule has 1 heterocycles. The average molecular weight is 283 g/mol. The predicted octanol–water partition coefficient (Wildman–Crippen LogP) is 1.38. The van der Waals surface area contributed by atoms with Crippen LogP contribution in [0.15, 0.2) is 34.9 Å². The zero-order valence-corrected chi connectivity index (χ0v) is 10.5. The average Bonchev–Trinajstić information content (AvgIpc) is 2.77. The van der Waals surface area contributed by atoms with Crippen LogP contribution >= 0.6 is 0 Å². The smallest absolute Gasteiger partial charge is 0.374 e. The number of aromatic carboxylic acids is 1. The van der Waals surface area contributed by atoms with Gasteiger partial charge in [0.25, 0.3) is 0 Å². The lowest BCUT2D eigenvalue weighted by Gasteiger charge is -2.02. The normalized spacial score (nSPS) is 11.2. The minimum Gasteiger partial charge on any atom is -0.475 e. The van der Waals surface area contributed by atoms with Crippen molar-refractivity contribution in [1.29, 1.82) is 0 Å². The van der Waals surface area contributed by atoms with E-state index >= 15 is 0 Å². The maximum atomic E-state index is 10.9. The van der Waals surface area contributed by atoms with Crippen molar-refractivity contribution in [2.24, 2.45) is 0 Å². The Morgan fingerprint density at radius 3 is 2.42 bits per heavy atom. The second-order valence-electron chi connectivity index (χ2n) is 3.69. The Hall–Kier alpha value is -2.35. The molecule has 19 heavy (non-hydrogen) atoms. The molecule has 0 fully saturated rings. The molecule has 1 N–H and O–H groups in total. The molecule has 0 radical (unpaired) electrons. The summed E-state index contributed by atoms with van der Waals surface area (Å²) < 4.78 is 31.1. The molecule has 7 nitrogen and oxygen atoms in total. The van der Waals surface area contributed by atoms with Gasteiger partial charge in [-0.25, -0.2) is 4.79 Å². The van der Waals surface area contributed by atoms with Crippen LogP contribution in [0.4, 0.5) is 0 Å². The van der Waals surface area contributed by atoms with Crippen LogP contribution in [0.5, 0.6) is 5.75 Å². The van der Waals surface area contributed by atoms with Gasteiger partial charge in [-0.2, -0.15) is 8.42 Å². The van der Waals surface area contributed by atoms with Crippen molar-refractivity contribution in [3.8, 4) is 17.0 Å². The van der Waals surface area contributed by atoms with Gasteiger partial charge in [0.1, 0.15) is 11.4 Å². The van der Waals surface area contributed by atoms with E-state index in [1.54, 1.807) is 12.1 Å². The number of carboxylic acids is 1. The van der Waals surface area contributed by atoms with Gasteiger partial charge in [-0.1, -0.05) is 5.16 Å². The van der Waals surface area contributed by atoms with Crippen LogP contribution in [-0.4, -0.2) is 30.9 Å². The molecule has 8 heteroatoms. The fraction of sp³-hybridized carbons (Fsp3) is 0.0909. The molecule has 0 bridgehead atoms. The molecule has 0 amide bonds. The Morgan fingerprint density at radius 2 is 1.95 bits per heavy atom. The molecule has 0 saturated heterocycles. The van der Waals surface area contributed by atoms with Crippen LogP contribution < -0.4 is 4.18 Å². The molecule has 2 aromatic rings. The van der Waals surface area contributed by atoms with Gasteiger partial charge in [0.15, 0.2) is 0 Å². The van der Waals surface area contributed by atoms with E-state index in [2.05, 4.69) is 13.9 Å². The quantitative estimate of drug-likeness (QED) is 0.844. The second-order valence-corrected chi connectivity index (χ2v) is 5.27. The summed E-state index contributed by atoms with van der Waals surface area (Å²) >= 11 is 0. The molecule has 0 saturated carbocycles. The molecular formula is C11H9NO6S. The zero-order valence-electron chi connectivity index (χ0n) is 9.73. The molecular weight excluding hydrogens is 274 g/mol. The second kappa shape index (κ2) is 4.73. The van der Waals surface area contributed by atoms with E-state index < -0.39 is 16.1 Å². The van der Waals surface area contributed by atoms with E-state index in [-0.39, 0.29) is 11.5 Å². The van der Waals surface area contributed by atoms with Crippen molar-refractivity contribution >= 4 is 16.1 Å². The van der Waals surface area contributed by atoms with Gasteiger partial charge >= 0.3 is 16.1 Å². The summed E-state index contributed by atoms with van der Waals surface area (Å²) in [5.41, 5.74) is 0.917. The third-order valence-electron chi connectivity index (χ3n) is 2.12. The summed E-state index contributed by atoms with van der Waals surface area (Å²) in [6, 6.07) is 7.24. The Morgan fingerprint density at radius 1 is 1.32 bits per heavy atom. The summed E-state index contributed by atoms with van der Waals surface area (Å²) in [4.78, 5) is 10.6. The first-order chi connectivity index (χ1) is 8.85. The fourth-order valence-corrected chi connectivity index (χ4v) is 1.83. The number of benzene rings is 1. The molecule has 0 spiro atoms. The fourth-order valence-electron chi connectivity index (χ4n) is 1.37. The summed E-state index contributed by atoms with van der Waals surface area (Å²) in [6.07, 6.45) is 0.942. The monoisotopic (exact) mass is 283 g/mol. The molecule has 0 aliphatic rings. The van der Waals surface area contributed by atoms with Gasteiger partial charge < -0.3 is 13.8 Å². The first-order valence-corrected chi connectivity index (χ1v) is 6.87. The van der Waals surface area contributed by atoms with Gasteiger partial charge in [-0.05, 0) is 24.3 Å². The minimum absolute atomic E-state index is 0.160. The summed E-state index contributed by atoms with van der Waals surface area (Å²) in [6.45, 7) is 0. The lowest BCUT2D eigenvalue weighted by molar-refractivity contribution is 0.0652. The van der Waals surface area contributed by atoms with E-state index in [9.17, 15) is 13.2 Å². The zero-order chi connectivity index (χ0) is 14.0. The number of rotatable bonds is 4. The third kappa shape index (κ3) is 3.32. The van der Waals surface area contributed by atoms with Crippen molar-refractivity contribution in [3.63, 3.8) is 0 Å². The highest BCUT2D eigenvalue weighted by Gasteiger charge is 2.12. The standard InChI is InChI=1S/C11H9NO6S/c1-19(15,16)18-8-4-2-7(3-5-8)9-6-10(11(13)14)17-12-9/h2-6H,1H3,(H,13,14). The highest BCUT2D eigenvalue weighted by molar-refractivity contribution is 7.86. The molecule has 0 aliphatic carbocycles.